The maximum Gasteiger partial charge on any atom is 0.320 e. The summed E-state index contributed by atoms with van der Waals surface area (Å²) >= 11 is 0. The van der Waals surface area contributed by atoms with Gasteiger partial charge in [0, 0.05) is 13.1 Å². The second-order valence-electron chi connectivity index (χ2n) is 4.39. The van der Waals surface area contributed by atoms with Gasteiger partial charge in [0.15, 0.2) is 0 Å². The zero-order valence-electron chi connectivity index (χ0n) is 10.2. The highest BCUT2D eigenvalue weighted by Crippen LogP contribution is 2.30. The quantitative estimate of drug-likeness (QED) is 0.836. The van der Waals surface area contributed by atoms with E-state index in [0.29, 0.717) is 19.6 Å². The standard InChI is InChI=1S/C13H18N2O3/c14-10(13(16)17)6-8-15-7-3-9-18-12-5-2-1-4-11(12)15/h1-2,4-5,10H,3,6-9,14H2,(H,16,17). The van der Waals surface area contributed by atoms with E-state index in [1.165, 1.54) is 0 Å². The molecule has 1 aliphatic rings. The Morgan fingerprint density at radius 1 is 1.50 bits per heavy atom. The number of nitrogens with zero attached hydrogens (tertiary/aromatic N) is 1. The Kier molecular flexibility index (Phi) is 4.04. The van der Waals surface area contributed by atoms with E-state index in [1.807, 2.05) is 24.3 Å². The summed E-state index contributed by atoms with van der Waals surface area (Å²) in [5.74, 6) is -0.0896. The Labute approximate surface area is 106 Å². The second-order valence-corrected chi connectivity index (χ2v) is 4.39. The van der Waals surface area contributed by atoms with Gasteiger partial charge in [-0.05, 0) is 25.0 Å². The van der Waals surface area contributed by atoms with Crippen molar-refractivity contribution in [2.24, 2.45) is 5.73 Å². The van der Waals surface area contributed by atoms with Crippen molar-refractivity contribution in [2.45, 2.75) is 18.9 Å². The number of rotatable bonds is 4. The summed E-state index contributed by atoms with van der Waals surface area (Å²) in [6, 6.07) is 7.02. The van der Waals surface area contributed by atoms with Crippen LogP contribution in [0.5, 0.6) is 5.75 Å². The van der Waals surface area contributed by atoms with E-state index >= 15 is 0 Å². The van der Waals surface area contributed by atoms with Crippen molar-refractivity contribution >= 4 is 11.7 Å². The van der Waals surface area contributed by atoms with Crippen molar-refractivity contribution in [2.75, 3.05) is 24.6 Å². The molecule has 1 aliphatic heterocycles. The number of carboxylic acid groups (broad SMARTS) is 1. The van der Waals surface area contributed by atoms with E-state index in [9.17, 15) is 4.79 Å². The SMILES string of the molecule is NC(CCN1CCCOc2ccccc21)C(=O)O. The van der Waals surface area contributed by atoms with E-state index in [-0.39, 0.29) is 0 Å². The Morgan fingerprint density at radius 2 is 2.28 bits per heavy atom. The van der Waals surface area contributed by atoms with Crippen LogP contribution >= 0.6 is 0 Å². The van der Waals surface area contributed by atoms with Gasteiger partial charge >= 0.3 is 5.97 Å². The van der Waals surface area contributed by atoms with Gasteiger partial charge in [-0.3, -0.25) is 4.79 Å². The monoisotopic (exact) mass is 250 g/mol. The zero-order valence-corrected chi connectivity index (χ0v) is 10.2. The second kappa shape index (κ2) is 5.73. The molecule has 18 heavy (non-hydrogen) atoms. The summed E-state index contributed by atoms with van der Waals surface area (Å²) in [5, 5.41) is 8.79. The van der Waals surface area contributed by atoms with Gasteiger partial charge in [-0.1, -0.05) is 12.1 Å². The maximum absolute atomic E-state index is 10.7. The van der Waals surface area contributed by atoms with Gasteiger partial charge in [-0.15, -0.1) is 0 Å². The molecule has 0 aromatic heterocycles. The zero-order chi connectivity index (χ0) is 13.0. The molecule has 0 amide bonds. The van der Waals surface area contributed by atoms with Gasteiger partial charge in [0.25, 0.3) is 0 Å². The van der Waals surface area contributed by atoms with Crippen molar-refractivity contribution < 1.29 is 14.6 Å². The molecule has 5 nitrogen and oxygen atoms in total. The summed E-state index contributed by atoms with van der Waals surface area (Å²) in [6.45, 7) is 2.19. The summed E-state index contributed by atoms with van der Waals surface area (Å²) in [5.41, 5.74) is 6.56. The van der Waals surface area contributed by atoms with Gasteiger partial charge in [0.05, 0.1) is 12.3 Å². The van der Waals surface area contributed by atoms with Gasteiger partial charge in [-0.2, -0.15) is 0 Å². The van der Waals surface area contributed by atoms with Crippen molar-refractivity contribution in [1.29, 1.82) is 0 Å². The lowest BCUT2D eigenvalue weighted by Crippen LogP contribution is -2.35. The van der Waals surface area contributed by atoms with E-state index in [1.54, 1.807) is 0 Å². The molecular weight excluding hydrogens is 232 g/mol. The predicted molar refractivity (Wildman–Crippen MR) is 69.0 cm³/mol. The number of benzene rings is 1. The first kappa shape index (κ1) is 12.7. The van der Waals surface area contributed by atoms with E-state index in [0.717, 1.165) is 24.4 Å². The highest BCUT2D eigenvalue weighted by atomic mass is 16.5. The Bertz CT molecular complexity index is 422. The summed E-state index contributed by atoms with van der Waals surface area (Å²) < 4.78 is 5.64. The number of carbonyl (C=O) groups is 1. The van der Waals surface area contributed by atoms with Crippen molar-refractivity contribution in [3.05, 3.63) is 24.3 Å². The first-order valence-electron chi connectivity index (χ1n) is 6.13. The molecule has 1 heterocycles. The molecule has 0 saturated heterocycles. The number of carboxylic acids is 1. The lowest BCUT2D eigenvalue weighted by molar-refractivity contribution is -0.138. The van der Waals surface area contributed by atoms with Crippen LogP contribution in [0, 0.1) is 0 Å². The Morgan fingerprint density at radius 3 is 3.06 bits per heavy atom. The van der Waals surface area contributed by atoms with Gasteiger partial charge in [0.2, 0.25) is 0 Å². The molecule has 0 fully saturated rings. The summed E-state index contributed by atoms with van der Waals surface area (Å²) in [4.78, 5) is 12.9. The number of nitrogens with two attached hydrogens (primary N) is 1. The first-order chi connectivity index (χ1) is 8.68. The van der Waals surface area contributed by atoms with Gasteiger partial charge in [-0.25, -0.2) is 0 Å². The molecule has 0 radical (unpaired) electrons. The number of aliphatic carboxylic acids is 1. The smallest absolute Gasteiger partial charge is 0.320 e. The van der Waals surface area contributed by atoms with Crippen LogP contribution in [-0.2, 0) is 4.79 Å². The largest absolute Gasteiger partial charge is 0.491 e. The number of hydrogen-bond acceptors (Lipinski definition) is 4. The molecular formula is C13H18N2O3. The molecule has 5 heteroatoms. The minimum atomic E-state index is -0.950. The highest BCUT2D eigenvalue weighted by molar-refractivity contribution is 5.73. The molecule has 0 aliphatic carbocycles. The highest BCUT2D eigenvalue weighted by Gasteiger charge is 2.18. The molecule has 0 spiro atoms. The van der Waals surface area contributed by atoms with Crippen LogP contribution in [0.15, 0.2) is 24.3 Å². The van der Waals surface area contributed by atoms with Crippen LogP contribution in [0.4, 0.5) is 5.69 Å². The number of anilines is 1. The van der Waals surface area contributed by atoms with Gasteiger partial charge < -0.3 is 20.5 Å². The molecule has 1 atom stereocenters. The van der Waals surface area contributed by atoms with Crippen LogP contribution in [0.25, 0.3) is 0 Å². The Balaban J connectivity index is 2.06. The number of ether oxygens (including phenoxy) is 1. The predicted octanol–water partition coefficient (Wildman–Crippen LogP) is 1.08. The summed E-state index contributed by atoms with van der Waals surface area (Å²) in [7, 11) is 0. The number of para-hydroxylation sites is 2. The fraction of sp³-hybridized carbons (Fsp3) is 0.462. The third kappa shape index (κ3) is 2.92. The molecule has 1 aromatic carbocycles. The van der Waals surface area contributed by atoms with Crippen LogP contribution < -0.4 is 15.4 Å². The lowest BCUT2D eigenvalue weighted by Gasteiger charge is -2.24. The third-order valence-corrected chi connectivity index (χ3v) is 3.06. The summed E-state index contributed by atoms with van der Waals surface area (Å²) in [6.07, 6.45) is 1.36. The molecule has 2 rings (SSSR count). The van der Waals surface area contributed by atoms with E-state index in [2.05, 4.69) is 4.90 Å². The topological polar surface area (TPSA) is 75.8 Å². The van der Waals surface area contributed by atoms with Crippen molar-refractivity contribution in [1.82, 2.24) is 0 Å². The molecule has 3 N–H and O–H groups in total. The van der Waals surface area contributed by atoms with Crippen LogP contribution in [-0.4, -0.2) is 36.8 Å². The minimum Gasteiger partial charge on any atom is -0.491 e. The van der Waals surface area contributed by atoms with Crippen LogP contribution in [0.3, 0.4) is 0 Å². The van der Waals surface area contributed by atoms with Crippen LogP contribution in [0.1, 0.15) is 12.8 Å². The fourth-order valence-corrected chi connectivity index (χ4v) is 2.05. The molecule has 1 aromatic rings. The fourth-order valence-electron chi connectivity index (χ4n) is 2.05. The average Bonchev–Trinajstić information content (AvgIpc) is 2.58. The number of hydrogen-bond donors (Lipinski definition) is 2. The van der Waals surface area contributed by atoms with Crippen molar-refractivity contribution in [3.8, 4) is 5.75 Å². The molecule has 0 saturated carbocycles. The van der Waals surface area contributed by atoms with Gasteiger partial charge in [0.1, 0.15) is 11.8 Å². The molecule has 1 unspecified atom stereocenters. The van der Waals surface area contributed by atoms with E-state index < -0.39 is 12.0 Å². The average molecular weight is 250 g/mol. The Hall–Kier alpha value is -1.75. The number of fused-ring (bicyclic) bond motifs is 1. The lowest BCUT2D eigenvalue weighted by atomic mass is 10.2. The van der Waals surface area contributed by atoms with Crippen molar-refractivity contribution in [3.63, 3.8) is 0 Å². The molecule has 98 valence electrons. The minimum absolute atomic E-state index is 0.434. The first-order valence-corrected chi connectivity index (χ1v) is 6.13. The van der Waals surface area contributed by atoms with Crippen LogP contribution in [0.2, 0.25) is 0 Å². The molecule has 0 bridgehead atoms. The third-order valence-electron chi connectivity index (χ3n) is 3.06. The van der Waals surface area contributed by atoms with E-state index in [4.69, 9.17) is 15.6 Å². The maximum atomic E-state index is 10.7. The normalized spacial score (nSPS) is 16.4.